The fourth-order valence-corrected chi connectivity index (χ4v) is 4.52. The number of thiophene rings is 1. The van der Waals surface area contributed by atoms with Gasteiger partial charge in [0.1, 0.15) is 0 Å². The topological polar surface area (TPSA) is 15.3 Å². The number of piperidine rings is 1. The van der Waals surface area contributed by atoms with Crippen molar-refractivity contribution in [2.45, 2.75) is 45.2 Å². The highest BCUT2D eigenvalue weighted by atomic mass is 35.5. The zero-order valence-electron chi connectivity index (χ0n) is 11.6. The van der Waals surface area contributed by atoms with Crippen LogP contribution in [0.25, 0.3) is 0 Å². The molecule has 2 atom stereocenters. The summed E-state index contributed by atoms with van der Waals surface area (Å²) in [5, 5.41) is 3.50. The summed E-state index contributed by atoms with van der Waals surface area (Å²) in [6.07, 6.45) is 3.69. The van der Waals surface area contributed by atoms with E-state index in [1.807, 2.05) is 6.07 Å². The molecule has 0 bridgehead atoms. The molecular weight excluding hydrogens is 299 g/mol. The zero-order chi connectivity index (χ0) is 13.8. The summed E-state index contributed by atoms with van der Waals surface area (Å²) in [6.45, 7) is 7.82. The molecule has 1 saturated heterocycles. The van der Waals surface area contributed by atoms with Crippen molar-refractivity contribution in [3.8, 4) is 0 Å². The summed E-state index contributed by atoms with van der Waals surface area (Å²) >= 11 is 13.9. The SMILES string of the molecule is CCCN(C1CCCNC1)C(C)c1cc(Cl)sc1Cl. The van der Waals surface area contributed by atoms with Gasteiger partial charge in [0.2, 0.25) is 0 Å². The number of hydrogen-bond acceptors (Lipinski definition) is 3. The van der Waals surface area contributed by atoms with Crippen LogP contribution >= 0.6 is 34.5 Å². The number of nitrogens with one attached hydrogen (secondary N) is 1. The van der Waals surface area contributed by atoms with Crippen LogP contribution in [0.15, 0.2) is 6.07 Å². The van der Waals surface area contributed by atoms with Crippen LogP contribution in [-0.2, 0) is 0 Å². The molecule has 1 aliphatic rings. The molecule has 0 aromatic carbocycles. The Kier molecular flexibility index (Phi) is 5.97. The largest absolute Gasteiger partial charge is 0.315 e. The van der Waals surface area contributed by atoms with Crippen LogP contribution in [0.3, 0.4) is 0 Å². The van der Waals surface area contributed by atoms with Crippen LogP contribution in [-0.4, -0.2) is 30.6 Å². The second-order valence-corrected chi connectivity index (χ2v) is 7.48. The highest BCUT2D eigenvalue weighted by Crippen LogP contribution is 2.38. The molecule has 2 unspecified atom stereocenters. The van der Waals surface area contributed by atoms with Crippen LogP contribution in [0.1, 0.15) is 44.7 Å². The van der Waals surface area contributed by atoms with Crippen molar-refractivity contribution in [2.24, 2.45) is 0 Å². The molecule has 1 aromatic heterocycles. The number of hydrogen-bond donors (Lipinski definition) is 1. The molecule has 19 heavy (non-hydrogen) atoms. The van der Waals surface area contributed by atoms with Crippen LogP contribution in [0.2, 0.25) is 8.67 Å². The van der Waals surface area contributed by atoms with Gasteiger partial charge in [0.25, 0.3) is 0 Å². The third kappa shape index (κ3) is 3.85. The molecule has 1 aromatic rings. The monoisotopic (exact) mass is 320 g/mol. The molecule has 1 N–H and O–H groups in total. The van der Waals surface area contributed by atoms with Crippen LogP contribution in [0, 0.1) is 0 Å². The Balaban J connectivity index is 2.15. The summed E-state index contributed by atoms with van der Waals surface area (Å²) in [5.74, 6) is 0. The number of halogens is 2. The summed E-state index contributed by atoms with van der Waals surface area (Å²) in [6, 6.07) is 2.97. The van der Waals surface area contributed by atoms with Gasteiger partial charge in [-0.05, 0) is 45.3 Å². The second-order valence-electron chi connectivity index (χ2n) is 5.19. The van der Waals surface area contributed by atoms with Gasteiger partial charge in [0.15, 0.2) is 0 Å². The minimum atomic E-state index is 0.334. The Hall–Kier alpha value is 0.200. The molecule has 5 heteroatoms. The lowest BCUT2D eigenvalue weighted by molar-refractivity contribution is 0.121. The van der Waals surface area contributed by atoms with Gasteiger partial charge < -0.3 is 5.32 Å². The van der Waals surface area contributed by atoms with E-state index in [0.717, 1.165) is 34.7 Å². The van der Waals surface area contributed by atoms with E-state index in [1.165, 1.54) is 29.7 Å². The first-order valence-corrected chi connectivity index (χ1v) is 8.62. The average molecular weight is 321 g/mol. The molecule has 0 saturated carbocycles. The van der Waals surface area contributed by atoms with Crippen LogP contribution < -0.4 is 5.32 Å². The molecule has 0 spiro atoms. The Labute approximate surface area is 130 Å². The summed E-state index contributed by atoms with van der Waals surface area (Å²) in [7, 11) is 0. The smallest absolute Gasteiger partial charge is 0.0991 e. The van der Waals surface area contributed by atoms with Crippen LogP contribution in [0.4, 0.5) is 0 Å². The fourth-order valence-electron chi connectivity index (χ4n) is 2.88. The molecule has 2 heterocycles. The Morgan fingerprint density at radius 3 is 2.84 bits per heavy atom. The van der Waals surface area contributed by atoms with Crippen LogP contribution in [0.5, 0.6) is 0 Å². The van der Waals surface area contributed by atoms with E-state index in [1.54, 1.807) is 0 Å². The third-order valence-electron chi connectivity index (χ3n) is 3.85. The van der Waals surface area contributed by atoms with Gasteiger partial charge in [-0.2, -0.15) is 0 Å². The molecule has 1 aliphatic heterocycles. The van der Waals surface area contributed by atoms with Crippen molar-refractivity contribution in [3.05, 3.63) is 20.3 Å². The lowest BCUT2D eigenvalue weighted by Gasteiger charge is -2.38. The number of nitrogens with zero attached hydrogens (tertiary/aromatic N) is 1. The van der Waals surface area contributed by atoms with E-state index in [4.69, 9.17) is 23.2 Å². The maximum atomic E-state index is 6.31. The average Bonchev–Trinajstić information content (AvgIpc) is 2.75. The van der Waals surface area contributed by atoms with Gasteiger partial charge in [-0.1, -0.05) is 30.1 Å². The molecule has 0 aliphatic carbocycles. The van der Waals surface area contributed by atoms with Crippen molar-refractivity contribution in [1.82, 2.24) is 10.2 Å². The van der Waals surface area contributed by atoms with Gasteiger partial charge in [0, 0.05) is 24.2 Å². The van der Waals surface area contributed by atoms with Gasteiger partial charge in [-0.15, -0.1) is 11.3 Å². The van der Waals surface area contributed by atoms with E-state index >= 15 is 0 Å². The van der Waals surface area contributed by atoms with Gasteiger partial charge in [-0.3, -0.25) is 4.90 Å². The highest BCUT2D eigenvalue weighted by molar-refractivity contribution is 7.20. The predicted octanol–water partition coefficient (Wildman–Crippen LogP) is 4.58. The minimum absolute atomic E-state index is 0.334. The molecule has 108 valence electrons. The fraction of sp³-hybridized carbons (Fsp3) is 0.714. The minimum Gasteiger partial charge on any atom is -0.315 e. The highest BCUT2D eigenvalue weighted by Gasteiger charge is 2.27. The normalized spacial score (nSPS) is 21.8. The maximum Gasteiger partial charge on any atom is 0.0991 e. The molecule has 2 rings (SSSR count). The van der Waals surface area contributed by atoms with Gasteiger partial charge in [0.05, 0.1) is 8.67 Å². The first-order chi connectivity index (χ1) is 9.13. The molecule has 1 fully saturated rings. The molecule has 2 nitrogen and oxygen atoms in total. The summed E-state index contributed by atoms with van der Waals surface area (Å²) < 4.78 is 1.62. The van der Waals surface area contributed by atoms with E-state index in [-0.39, 0.29) is 0 Å². The van der Waals surface area contributed by atoms with Gasteiger partial charge in [-0.25, -0.2) is 0 Å². The Bertz CT molecular complexity index is 402. The lowest BCUT2D eigenvalue weighted by Crippen LogP contribution is -2.47. The maximum absolute atomic E-state index is 6.31. The Morgan fingerprint density at radius 1 is 1.53 bits per heavy atom. The van der Waals surface area contributed by atoms with Gasteiger partial charge >= 0.3 is 0 Å². The Morgan fingerprint density at radius 2 is 2.32 bits per heavy atom. The third-order valence-corrected chi connectivity index (χ3v) is 5.37. The van der Waals surface area contributed by atoms with Crippen molar-refractivity contribution in [1.29, 1.82) is 0 Å². The quantitative estimate of drug-likeness (QED) is 0.854. The van der Waals surface area contributed by atoms with E-state index in [9.17, 15) is 0 Å². The van der Waals surface area contributed by atoms with Crippen molar-refractivity contribution >= 4 is 34.5 Å². The number of rotatable bonds is 5. The standard InChI is InChI=1S/C14H22Cl2N2S/c1-3-7-18(11-5-4-6-17-9-11)10(2)12-8-13(15)19-14(12)16/h8,10-11,17H,3-7,9H2,1-2H3. The second kappa shape index (κ2) is 7.28. The molecular formula is C14H22Cl2N2S. The van der Waals surface area contributed by atoms with Crippen molar-refractivity contribution in [2.75, 3.05) is 19.6 Å². The predicted molar refractivity (Wildman–Crippen MR) is 85.6 cm³/mol. The first-order valence-electron chi connectivity index (χ1n) is 7.04. The van der Waals surface area contributed by atoms with E-state index < -0.39 is 0 Å². The lowest BCUT2D eigenvalue weighted by atomic mass is 10.0. The summed E-state index contributed by atoms with van der Waals surface area (Å²) in [5.41, 5.74) is 1.18. The summed E-state index contributed by atoms with van der Waals surface area (Å²) in [4.78, 5) is 2.58. The van der Waals surface area contributed by atoms with Crippen molar-refractivity contribution in [3.63, 3.8) is 0 Å². The zero-order valence-corrected chi connectivity index (χ0v) is 13.9. The molecule has 0 radical (unpaired) electrons. The van der Waals surface area contributed by atoms with Crippen molar-refractivity contribution < 1.29 is 0 Å². The van der Waals surface area contributed by atoms with E-state index in [2.05, 4.69) is 24.1 Å². The first kappa shape index (κ1) is 15.6. The molecule has 0 amide bonds. The van der Waals surface area contributed by atoms with E-state index in [0.29, 0.717) is 12.1 Å².